The van der Waals surface area contributed by atoms with E-state index in [1.165, 1.54) is 37.8 Å². The second-order valence-electron chi connectivity index (χ2n) is 9.34. The second kappa shape index (κ2) is 8.81. The molecule has 0 heterocycles. The van der Waals surface area contributed by atoms with Crippen LogP contribution in [0.4, 0.5) is 22.0 Å². The molecule has 0 bridgehead atoms. The molecule has 0 spiro atoms. The number of benzene rings is 1. The van der Waals surface area contributed by atoms with Gasteiger partial charge in [0.2, 0.25) is 0 Å². The Balaban J connectivity index is 1.61. The summed E-state index contributed by atoms with van der Waals surface area (Å²) in [6, 6.07) is 4.57. The summed E-state index contributed by atoms with van der Waals surface area (Å²) >= 11 is 0. The van der Waals surface area contributed by atoms with Crippen molar-refractivity contribution in [3.8, 4) is 5.75 Å². The first-order valence-corrected chi connectivity index (χ1v) is 10.8. The van der Waals surface area contributed by atoms with E-state index >= 15 is 0 Å². The monoisotopic (exact) mass is 418 g/mol. The molecule has 0 radical (unpaired) electrons. The smallest absolute Gasteiger partial charge is 0.394 e. The molecule has 6 heteroatoms. The van der Waals surface area contributed by atoms with Gasteiger partial charge >= 0.3 is 6.18 Å². The summed E-state index contributed by atoms with van der Waals surface area (Å²) in [4.78, 5) is 0. The van der Waals surface area contributed by atoms with Crippen molar-refractivity contribution < 1.29 is 27.1 Å². The molecule has 0 aromatic heterocycles. The molecule has 2 aliphatic rings. The Morgan fingerprint density at radius 2 is 1.41 bits per heavy atom. The van der Waals surface area contributed by atoms with Crippen molar-refractivity contribution in [3.05, 3.63) is 29.3 Å². The van der Waals surface area contributed by atoms with E-state index in [1.807, 2.05) is 0 Å². The maximum Gasteiger partial charge on any atom is 0.394 e. The zero-order valence-corrected chi connectivity index (χ0v) is 16.9. The van der Waals surface area contributed by atoms with Gasteiger partial charge in [0.15, 0.2) is 0 Å². The van der Waals surface area contributed by atoms with Crippen LogP contribution in [0.5, 0.6) is 5.75 Å². The van der Waals surface area contributed by atoms with Crippen LogP contribution < -0.4 is 0 Å². The van der Waals surface area contributed by atoms with Crippen molar-refractivity contribution >= 4 is 0 Å². The van der Waals surface area contributed by atoms with Gasteiger partial charge in [-0.25, -0.2) is 8.78 Å². The Bertz CT molecular complexity index is 668. The van der Waals surface area contributed by atoms with E-state index in [0.717, 1.165) is 49.0 Å². The minimum Gasteiger partial charge on any atom is -0.508 e. The van der Waals surface area contributed by atoms with Crippen molar-refractivity contribution in [1.29, 1.82) is 0 Å². The number of rotatable bonds is 5. The summed E-state index contributed by atoms with van der Waals surface area (Å²) in [6.07, 6.45) is 1.18. The molecule has 1 aromatic rings. The number of aromatic hydroxyl groups is 1. The van der Waals surface area contributed by atoms with Gasteiger partial charge in [-0.15, -0.1) is 0 Å². The average Bonchev–Trinajstić information content (AvgIpc) is 2.62. The molecular formula is C23H31F5O. The number of phenolic OH excluding ortho intramolecular Hbond substituents is 1. The molecule has 3 rings (SSSR count). The van der Waals surface area contributed by atoms with Crippen LogP contribution in [-0.2, 0) is 6.42 Å². The normalized spacial score (nSPS) is 29.0. The Kier molecular flexibility index (Phi) is 6.79. The van der Waals surface area contributed by atoms with E-state index in [1.54, 1.807) is 6.07 Å². The lowest BCUT2D eigenvalue weighted by Gasteiger charge is -2.37. The van der Waals surface area contributed by atoms with E-state index in [0.29, 0.717) is 0 Å². The third-order valence-electron chi connectivity index (χ3n) is 6.98. The van der Waals surface area contributed by atoms with Crippen LogP contribution in [0.3, 0.4) is 0 Å². The quantitative estimate of drug-likeness (QED) is 0.488. The third kappa shape index (κ3) is 6.32. The van der Waals surface area contributed by atoms with E-state index in [4.69, 9.17) is 0 Å². The molecule has 2 fully saturated rings. The van der Waals surface area contributed by atoms with Crippen molar-refractivity contribution in [2.24, 2.45) is 17.8 Å². The SMILES string of the molecule is CC1CCC(C2CCC(c3ccc(O)c(CC(F)(F)CC(F)(F)F)c3)CC2)CC1. The maximum absolute atomic E-state index is 13.8. The molecule has 0 amide bonds. The largest absolute Gasteiger partial charge is 0.508 e. The van der Waals surface area contributed by atoms with Crippen LogP contribution in [0.15, 0.2) is 18.2 Å². The summed E-state index contributed by atoms with van der Waals surface area (Å²) in [7, 11) is 0. The number of halogens is 5. The van der Waals surface area contributed by atoms with Crippen molar-refractivity contribution in [1.82, 2.24) is 0 Å². The molecule has 2 saturated carbocycles. The number of hydrogen-bond acceptors (Lipinski definition) is 1. The van der Waals surface area contributed by atoms with Crippen molar-refractivity contribution in [2.45, 2.75) is 89.1 Å². The fraction of sp³-hybridized carbons (Fsp3) is 0.739. The van der Waals surface area contributed by atoms with Gasteiger partial charge in [-0.2, -0.15) is 13.2 Å². The van der Waals surface area contributed by atoms with Gasteiger partial charge in [-0.1, -0.05) is 31.9 Å². The van der Waals surface area contributed by atoms with Gasteiger partial charge < -0.3 is 5.11 Å². The van der Waals surface area contributed by atoms with Crippen LogP contribution in [-0.4, -0.2) is 17.2 Å². The Labute approximate surface area is 169 Å². The highest BCUT2D eigenvalue weighted by atomic mass is 19.4. The van der Waals surface area contributed by atoms with Gasteiger partial charge in [0.1, 0.15) is 12.2 Å². The lowest BCUT2D eigenvalue weighted by molar-refractivity contribution is -0.187. The first-order valence-electron chi connectivity index (χ1n) is 10.8. The van der Waals surface area contributed by atoms with Crippen LogP contribution in [0.25, 0.3) is 0 Å². The predicted molar refractivity (Wildman–Crippen MR) is 103 cm³/mol. The van der Waals surface area contributed by atoms with E-state index < -0.39 is 24.9 Å². The summed E-state index contributed by atoms with van der Waals surface area (Å²) in [5.74, 6) is -1.71. The number of phenols is 1. The zero-order valence-electron chi connectivity index (χ0n) is 16.9. The van der Waals surface area contributed by atoms with Gasteiger partial charge in [-0.05, 0) is 73.8 Å². The highest BCUT2D eigenvalue weighted by molar-refractivity contribution is 5.38. The Morgan fingerprint density at radius 1 is 0.862 bits per heavy atom. The van der Waals surface area contributed by atoms with Crippen molar-refractivity contribution in [2.75, 3.05) is 0 Å². The highest BCUT2D eigenvalue weighted by Gasteiger charge is 2.44. The van der Waals surface area contributed by atoms with Crippen LogP contribution in [0.1, 0.15) is 81.8 Å². The molecule has 0 aliphatic heterocycles. The summed E-state index contributed by atoms with van der Waals surface area (Å²) in [5, 5.41) is 9.91. The van der Waals surface area contributed by atoms with E-state index in [-0.39, 0.29) is 17.2 Å². The lowest BCUT2D eigenvalue weighted by Crippen LogP contribution is -2.28. The van der Waals surface area contributed by atoms with E-state index in [9.17, 15) is 27.1 Å². The molecule has 1 aromatic carbocycles. The van der Waals surface area contributed by atoms with Gasteiger partial charge in [0.05, 0.1) is 0 Å². The fourth-order valence-electron chi connectivity index (χ4n) is 5.32. The molecule has 0 saturated heterocycles. The first kappa shape index (κ1) is 22.4. The minimum atomic E-state index is -4.94. The molecular weight excluding hydrogens is 387 g/mol. The highest BCUT2D eigenvalue weighted by Crippen LogP contribution is 2.44. The number of alkyl halides is 5. The Hall–Kier alpha value is -1.33. The van der Waals surface area contributed by atoms with E-state index in [2.05, 4.69) is 6.92 Å². The minimum absolute atomic E-state index is 0.0971. The molecule has 1 N–H and O–H groups in total. The molecule has 29 heavy (non-hydrogen) atoms. The van der Waals surface area contributed by atoms with Gasteiger partial charge in [-0.3, -0.25) is 0 Å². The van der Waals surface area contributed by atoms with Crippen LogP contribution in [0.2, 0.25) is 0 Å². The molecule has 1 nitrogen and oxygen atoms in total. The average molecular weight is 418 g/mol. The second-order valence-corrected chi connectivity index (χ2v) is 9.34. The van der Waals surface area contributed by atoms with Crippen LogP contribution >= 0.6 is 0 Å². The molecule has 0 unspecified atom stereocenters. The lowest BCUT2D eigenvalue weighted by atomic mass is 9.68. The molecule has 0 atom stereocenters. The third-order valence-corrected chi connectivity index (χ3v) is 6.98. The van der Waals surface area contributed by atoms with Crippen LogP contribution in [0, 0.1) is 17.8 Å². The zero-order chi connectivity index (χ0) is 21.2. The summed E-state index contributed by atoms with van der Waals surface area (Å²) in [5.41, 5.74) is 0.761. The first-order chi connectivity index (χ1) is 13.5. The van der Waals surface area contributed by atoms with Crippen molar-refractivity contribution in [3.63, 3.8) is 0 Å². The Morgan fingerprint density at radius 3 is 1.97 bits per heavy atom. The maximum atomic E-state index is 13.8. The predicted octanol–water partition coefficient (Wildman–Crippen LogP) is 7.62. The molecule has 2 aliphatic carbocycles. The topological polar surface area (TPSA) is 20.2 Å². The molecule has 164 valence electrons. The van der Waals surface area contributed by atoms with Gasteiger partial charge in [0.25, 0.3) is 5.92 Å². The number of hydrogen-bond donors (Lipinski definition) is 1. The van der Waals surface area contributed by atoms with Gasteiger partial charge in [0, 0.05) is 12.0 Å². The summed E-state index contributed by atoms with van der Waals surface area (Å²) in [6.45, 7) is 2.31. The standard InChI is InChI=1S/C23H31F5O/c1-15-2-4-16(5-3-15)17-6-8-18(9-7-17)19-10-11-21(29)20(12-19)13-22(24,25)14-23(26,27)28/h10-12,15-18,29H,2-9,13-14H2,1H3. The summed E-state index contributed by atoms with van der Waals surface area (Å²) < 4.78 is 64.8. The fourth-order valence-corrected chi connectivity index (χ4v) is 5.32.